The number of carbonyl (C=O) groups is 2. The van der Waals surface area contributed by atoms with Crippen LogP contribution in [0.2, 0.25) is 0 Å². The number of hydrogen-bond donors (Lipinski definition) is 1. The summed E-state index contributed by atoms with van der Waals surface area (Å²) in [4.78, 5) is 27.1. The van der Waals surface area contributed by atoms with E-state index in [0.29, 0.717) is 12.1 Å². The molecule has 0 heterocycles. The first-order chi connectivity index (χ1) is 15.1. The van der Waals surface area contributed by atoms with Crippen molar-refractivity contribution in [3.8, 4) is 0 Å². The molecule has 2 aromatic rings. The molecule has 1 atom stereocenters. The molecule has 0 radical (unpaired) electrons. The van der Waals surface area contributed by atoms with Crippen LogP contribution in [-0.4, -0.2) is 55.6 Å². The Labute approximate surface area is 189 Å². The summed E-state index contributed by atoms with van der Waals surface area (Å²) in [6.45, 7) is 5.41. The van der Waals surface area contributed by atoms with Gasteiger partial charge in [-0.1, -0.05) is 36.8 Å². The van der Waals surface area contributed by atoms with Crippen molar-refractivity contribution in [3.63, 3.8) is 0 Å². The Morgan fingerprint density at radius 2 is 1.66 bits per heavy atom. The minimum Gasteiger partial charge on any atom is -0.354 e. The summed E-state index contributed by atoms with van der Waals surface area (Å²) in [5.41, 5.74) is 1.54. The largest absolute Gasteiger partial charge is 0.354 e. The third-order valence-electron chi connectivity index (χ3n) is 5.07. The van der Waals surface area contributed by atoms with Crippen molar-refractivity contribution in [2.45, 2.75) is 44.7 Å². The van der Waals surface area contributed by atoms with Crippen LogP contribution < -0.4 is 5.32 Å². The zero-order valence-corrected chi connectivity index (χ0v) is 19.7. The molecule has 0 aliphatic rings. The number of carbonyl (C=O) groups excluding carboxylic acids is 2. The summed E-state index contributed by atoms with van der Waals surface area (Å²) in [7, 11) is -2.56. The molecule has 0 fully saturated rings. The highest BCUT2D eigenvalue weighted by Gasteiger charge is 2.30. The number of halogens is 1. The van der Waals surface area contributed by atoms with Crippen LogP contribution in [0.3, 0.4) is 0 Å². The number of sulfonamides is 1. The van der Waals surface area contributed by atoms with Crippen LogP contribution in [0.15, 0.2) is 53.4 Å². The van der Waals surface area contributed by atoms with Crippen molar-refractivity contribution in [1.29, 1.82) is 0 Å². The van der Waals surface area contributed by atoms with E-state index in [1.54, 1.807) is 19.1 Å². The first kappa shape index (κ1) is 25.5. The maximum Gasteiger partial charge on any atom is 0.243 e. The molecule has 1 unspecified atom stereocenters. The van der Waals surface area contributed by atoms with E-state index in [4.69, 9.17) is 0 Å². The predicted octanol–water partition coefficient (Wildman–Crippen LogP) is 2.70. The van der Waals surface area contributed by atoms with Gasteiger partial charge in [0.25, 0.3) is 0 Å². The molecule has 0 aliphatic heterocycles. The van der Waals surface area contributed by atoms with E-state index in [1.165, 1.54) is 48.3 Å². The van der Waals surface area contributed by atoms with Crippen LogP contribution >= 0.6 is 0 Å². The van der Waals surface area contributed by atoms with Crippen molar-refractivity contribution in [2.24, 2.45) is 0 Å². The third kappa shape index (κ3) is 6.61. The lowest BCUT2D eigenvalue weighted by atomic mass is 10.1. The minimum absolute atomic E-state index is 0.0399. The van der Waals surface area contributed by atoms with Gasteiger partial charge in [0.2, 0.25) is 21.8 Å². The number of likely N-dealkylation sites (N-methyl/N-ethyl adjacent to an activating group) is 1. The molecule has 0 bridgehead atoms. The maximum absolute atomic E-state index is 13.3. The molecule has 9 heteroatoms. The fourth-order valence-electron chi connectivity index (χ4n) is 3.02. The number of nitrogens with one attached hydrogen (secondary N) is 1. The minimum atomic E-state index is -3.89. The molecule has 2 rings (SSSR count). The number of amides is 2. The standard InChI is InChI=1S/C23H30FN3O4S/c1-5-14-25-23(29)18(3)27(15-19-8-10-20(24)11-9-19)22(28)16-26(4)32(30,31)21-12-6-17(2)7-13-21/h6-13,18H,5,14-16H2,1-4H3,(H,25,29). The Balaban J connectivity index is 2.24. The van der Waals surface area contributed by atoms with Crippen molar-refractivity contribution in [1.82, 2.24) is 14.5 Å². The SMILES string of the molecule is CCCNC(=O)C(C)N(Cc1ccc(F)cc1)C(=O)CN(C)S(=O)(=O)c1ccc(C)cc1. The van der Waals surface area contributed by atoms with Gasteiger partial charge in [0.15, 0.2) is 0 Å². The van der Waals surface area contributed by atoms with Gasteiger partial charge < -0.3 is 10.2 Å². The molecule has 0 spiro atoms. The lowest BCUT2D eigenvalue weighted by Gasteiger charge is -2.30. The summed E-state index contributed by atoms with van der Waals surface area (Å²) in [6.07, 6.45) is 0.738. The summed E-state index contributed by atoms with van der Waals surface area (Å²) >= 11 is 0. The highest BCUT2D eigenvalue weighted by atomic mass is 32.2. The molecule has 0 saturated heterocycles. The van der Waals surface area contributed by atoms with Gasteiger partial charge in [-0.3, -0.25) is 9.59 Å². The van der Waals surface area contributed by atoms with Gasteiger partial charge in [0, 0.05) is 20.1 Å². The molecule has 1 N–H and O–H groups in total. The zero-order valence-electron chi connectivity index (χ0n) is 18.8. The molecule has 2 amide bonds. The Morgan fingerprint density at radius 3 is 2.22 bits per heavy atom. The molecule has 2 aromatic carbocycles. The Morgan fingerprint density at radius 1 is 1.06 bits per heavy atom. The van der Waals surface area contributed by atoms with Crippen LogP contribution in [0.25, 0.3) is 0 Å². The van der Waals surface area contributed by atoms with Crippen molar-refractivity contribution < 1.29 is 22.4 Å². The molecular weight excluding hydrogens is 433 g/mol. The molecule has 0 aliphatic carbocycles. The van der Waals surface area contributed by atoms with Gasteiger partial charge in [-0.15, -0.1) is 0 Å². The number of hydrogen-bond acceptors (Lipinski definition) is 4. The average molecular weight is 464 g/mol. The van der Waals surface area contributed by atoms with Gasteiger partial charge in [0.1, 0.15) is 11.9 Å². The van der Waals surface area contributed by atoms with Crippen molar-refractivity contribution in [3.05, 3.63) is 65.5 Å². The summed E-state index contributed by atoms with van der Waals surface area (Å²) in [5.74, 6) is -1.29. The Kier molecular flexibility index (Phi) is 8.91. The van der Waals surface area contributed by atoms with Crippen LogP contribution in [-0.2, 0) is 26.2 Å². The Hall–Kier alpha value is -2.78. The molecule has 174 valence electrons. The first-order valence-corrected chi connectivity index (χ1v) is 11.8. The smallest absolute Gasteiger partial charge is 0.243 e. The van der Waals surface area contributed by atoms with Crippen LogP contribution in [0, 0.1) is 12.7 Å². The highest BCUT2D eigenvalue weighted by molar-refractivity contribution is 7.89. The second-order valence-corrected chi connectivity index (χ2v) is 9.73. The molecule has 7 nitrogen and oxygen atoms in total. The lowest BCUT2D eigenvalue weighted by molar-refractivity contribution is -0.140. The number of nitrogens with zero attached hydrogens (tertiary/aromatic N) is 2. The van der Waals surface area contributed by atoms with Gasteiger partial charge in [-0.25, -0.2) is 12.8 Å². The van der Waals surface area contributed by atoms with E-state index < -0.39 is 34.3 Å². The van der Waals surface area contributed by atoms with Gasteiger partial charge in [-0.2, -0.15) is 4.31 Å². The number of rotatable bonds is 10. The fourth-order valence-corrected chi connectivity index (χ4v) is 4.14. The normalized spacial score (nSPS) is 12.4. The zero-order chi connectivity index (χ0) is 23.9. The summed E-state index contributed by atoms with van der Waals surface area (Å²) in [6, 6.07) is 11.1. The maximum atomic E-state index is 13.3. The van der Waals surface area contributed by atoms with Gasteiger partial charge >= 0.3 is 0 Å². The second-order valence-electron chi connectivity index (χ2n) is 7.69. The quantitative estimate of drug-likeness (QED) is 0.587. The van der Waals surface area contributed by atoms with E-state index in [-0.39, 0.29) is 17.3 Å². The Bertz CT molecular complexity index is 1020. The van der Waals surface area contributed by atoms with E-state index in [1.807, 2.05) is 13.8 Å². The lowest BCUT2D eigenvalue weighted by Crippen LogP contribution is -2.50. The topological polar surface area (TPSA) is 86.8 Å². The fraction of sp³-hybridized carbons (Fsp3) is 0.391. The molecule has 32 heavy (non-hydrogen) atoms. The van der Waals surface area contributed by atoms with Crippen molar-refractivity contribution in [2.75, 3.05) is 20.1 Å². The summed E-state index contributed by atoms with van der Waals surface area (Å²) in [5, 5.41) is 2.75. The van der Waals surface area contributed by atoms with Gasteiger partial charge in [0.05, 0.1) is 11.4 Å². The summed E-state index contributed by atoms with van der Waals surface area (Å²) < 4.78 is 40.0. The highest BCUT2D eigenvalue weighted by Crippen LogP contribution is 2.17. The van der Waals surface area contributed by atoms with Gasteiger partial charge in [-0.05, 0) is 50.1 Å². The van der Waals surface area contributed by atoms with E-state index in [2.05, 4.69) is 5.32 Å². The van der Waals surface area contributed by atoms with Crippen LogP contribution in [0.4, 0.5) is 4.39 Å². The van der Waals surface area contributed by atoms with Crippen molar-refractivity contribution >= 4 is 21.8 Å². The first-order valence-electron chi connectivity index (χ1n) is 10.4. The third-order valence-corrected chi connectivity index (χ3v) is 6.89. The molecule has 0 saturated carbocycles. The van der Waals surface area contributed by atoms with Crippen LogP contribution in [0.5, 0.6) is 0 Å². The second kappa shape index (κ2) is 11.2. The van der Waals surface area contributed by atoms with E-state index in [9.17, 15) is 22.4 Å². The molecular formula is C23H30FN3O4S. The van der Waals surface area contributed by atoms with E-state index in [0.717, 1.165) is 16.3 Å². The predicted molar refractivity (Wildman–Crippen MR) is 121 cm³/mol. The van der Waals surface area contributed by atoms with Crippen LogP contribution in [0.1, 0.15) is 31.4 Å². The number of benzene rings is 2. The molecule has 0 aromatic heterocycles. The number of aryl methyl sites for hydroxylation is 1. The van der Waals surface area contributed by atoms with E-state index >= 15 is 0 Å². The average Bonchev–Trinajstić information content (AvgIpc) is 2.76. The monoisotopic (exact) mass is 463 g/mol.